The average molecular weight is 871 g/mol. The van der Waals surface area contributed by atoms with Crippen molar-refractivity contribution in [1.82, 2.24) is 15.0 Å². The molecule has 0 aliphatic rings. The van der Waals surface area contributed by atoms with Gasteiger partial charge in [-0.1, -0.05) is 5.21 Å². The fourth-order valence-corrected chi connectivity index (χ4v) is 6.84. The number of hydrogen-bond donors (Lipinski definition) is 1. The molecule has 3 aromatic rings. The normalized spacial score (nSPS) is 10.9. The minimum atomic E-state index is -0.852. The Morgan fingerprint density at radius 1 is 1.03 bits per heavy atom. The topological polar surface area (TPSA) is 86.5 Å². The van der Waals surface area contributed by atoms with Crippen LogP contribution < -0.4 is 9.47 Å². The molecule has 1 aromatic heterocycles. The van der Waals surface area contributed by atoms with Crippen molar-refractivity contribution < 1.29 is 19.4 Å². The van der Waals surface area contributed by atoms with E-state index in [-0.39, 0.29) is 6.42 Å². The predicted octanol–water partition coefficient (Wildman–Crippen LogP) is 5.76. The molecule has 0 bridgehead atoms. The average Bonchev–Trinajstić information content (AvgIpc) is 3.14. The minimum Gasteiger partial charge on any atom is -0.491 e. The third-order valence-electron chi connectivity index (χ3n) is 4.12. The molecule has 0 saturated heterocycles. The maximum atomic E-state index is 11.0. The molecule has 7 nitrogen and oxygen atoms in total. The van der Waals surface area contributed by atoms with E-state index in [0.29, 0.717) is 18.8 Å². The monoisotopic (exact) mass is 871 g/mol. The largest absolute Gasteiger partial charge is 0.491 e. The van der Waals surface area contributed by atoms with Crippen molar-refractivity contribution in [3.63, 3.8) is 0 Å². The number of aryl methyl sites for hydroxylation is 1. The van der Waals surface area contributed by atoms with Gasteiger partial charge in [0.1, 0.15) is 11.5 Å². The van der Waals surface area contributed by atoms with Crippen LogP contribution in [0.4, 0.5) is 0 Å². The number of carboxylic acids is 1. The fraction of sp³-hybridized carbons (Fsp3) is 0.250. The molecule has 2 aromatic carbocycles. The molecule has 164 valence electrons. The predicted molar refractivity (Wildman–Crippen MR) is 150 cm³/mol. The molecule has 3 rings (SSSR count). The van der Waals surface area contributed by atoms with Gasteiger partial charge in [-0.05, 0) is 127 Å². The van der Waals surface area contributed by atoms with Crippen LogP contribution in [-0.2, 0) is 24.2 Å². The quantitative estimate of drug-likeness (QED) is 0.276. The van der Waals surface area contributed by atoms with Gasteiger partial charge in [-0.3, -0.25) is 9.48 Å². The van der Waals surface area contributed by atoms with Gasteiger partial charge in [-0.15, -0.1) is 5.10 Å². The Labute approximate surface area is 234 Å². The highest BCUT2D eigenvalue weighted by Crippen LogP contribution is 2.37. The van der Waals surface area contributed by atoms with Crippen molar-refractivity contribution in [2.24, 2.45) is 0 Å². The number of carboxylic acid groups (broad SMARTS) is 1. The summed E-state index contributed by atoms with van der Waals surface area (Å²) in [5, 5.41) is 17.2. The van der Waals surface area contributed by atoms with Crippen LogP contribution in [0.3, 0.4) is 0 Å². The van der Waals surface area contributed by atoms with Crippen molar-refractivity contribution in [1.29, 1.82) is 0 Å². The highest BCUT2D eigenvalue weighted by atomic mass is 127. The van der Waals surface area contributed by atoms with E-state index in [0.717, 1.165) is 43.6 Å². The molecular weight excluding hydrogens is 854 g/mol. The van der Waals surface area contributed by atoms with Crippen molar-refractivity contribution in [2.75, 3.05) is 6.61 Å². The third kappa shape index (κ3) is 7.02. The highest BCUT2D eigenvalue weighted by Gasteiger charge is 2.15. The maximum Gasteiger partial charge on any atom is 0.307 e. The van der Waals surface area contributed by atoms with Gasteiger partial charge in [0.15, 0.2) is 5.75 Å². The Morgan fingerprint density at radius 2 is 1.65 bits per heavy atom. The second kappa shape index (κ2) is 11.6. The minimum absolute atomic E-state index is 0.0110. The van der Waals surface area contributed by atoms with E-state index in [1.165, 1.54) is 0 Å². The zero-order valence-corrected chi connectivity index (χ0v) is 24.9. The fourth-order valence-electron chi connectivity index (χ4n) is 2.70. The lowest BCUT2D eigenvalue weighted by atomic mass is 10.1. The van der Waals surface area contributed by atoms with Crippen LogP contribution in [0.2, 0.25) is 0 Å². The molecule has 11 heteroatoms. The number of ether oxygens (including phenoxy) is 2. The maximum absolute atomic E-state index is 11.0. The Hall–Kier alpha value is -0.430. The van der Waals surface area contributed by atoms with Crippen molar-refractivity contribution in [3.05, 3.63) is 56.0 Å². The number of aromatic nitrogens is 3. The Bertz CT molecular complexity index is 1060. The van der Waals surface area contributed by atoms with Gasteiger partial charge in [0.05, 0.1) is 33.0 Å². The SMILES string of the molecule is CCn1cc(CCOc2c(I)cc(Oc3c(I)cc(CC(=O)O)cc3I)cc2I)nn1. The number of rotatable bonds is 9. The van der Waals surface area contributed by atoms with E-state index in [9.17, 15) is 4.79 Å². The number of halogens is 4. The molecule has 31 heavy (non-hydrogen) atoms. The molecule has 0 atom stereocenters. The van der Waals surface area contributed by atoms with Crippen molar-refractivity contribution in [2.45, 2.75) is 26.3 Å². The van der Waals surface area contributed by atoms with Gasteiger partial charge in [0.25, 0.3) is 0 Å². The van der Waals surface area contributed by atoms with E-state index in [1.54, 1.807) is 4.68 Å². The molecular formula is C20H17I4N3O4. The lowest BCUT2D eigenvalue weighted by molar-refractivity contribution is -0.136. The number of nitrogens with zero attached hydrogens (tertiary/aromatic N) is 3. The molecule has 0 saturated carbocycles. The van der Waals surface area contributed by atoms with Gasteiger partial charge < -0.3 is 14.6 Å². The molecule has 0 aliphatic carbocycles. The molecule has 0 radical (unpaired) electrons. The smallest absolute Gasteiger partial charge is 0.307 e. The van der Waals surface area contributed by atoms with Gasteiger partial charge >= 0.3 is 5.97 Å². The lowest BCUT2D eigenvalue weighted by Crippen LogP contribution is -2.05. The summed E-state index contributed by atoms with van der Waals surface area (Å²) in [7, 11) is 0. The number of aliphatic carboxylic acids is 1. The van der Waals surface area contributed by atoms with Crippen LogP contribution in [0.25, 0.3) is 0 Å². The summed E-state index contributed by atoms with van der Waals surface area (Å²) in [6, 6.07) is 7.55. The summed E-state index contributed by atoms with van der Waals surface area (Å²) >= 11 is 8.83. The van der Waals surface area contributed by atoms with Crippen LogP contribution in [0.1, 0.15) is 18.2 Å². The third-order valence-corrected chi connectivity index (χ3v) is 7.32. The zero-order chi connectivity index (χ0) is 22.5. The summed E-state index contributed by atoms with van der Waals surface area (Å²) < 4.78 is 17.6. The second-order valence-corrected chi connectivity index (χ2v) is 11.1. The first kappa shape index (κ1) is 25.2. The van der Waals surface area contributed by atoms with E-state index in [4.69, 9.17) is 14.6 Å². The summed E-state index contributed by atoms with van der Waals surface area (Å²) in [6.07, 6.45) is 2.60. The standard InChI is InChI=1S/C20H17I4N3O4/c1-2-27-10-12(25-26-27)3-4-30-19-16(23)8-13(9-17(19)24)31-20-14(21)5-11(6-15(20)22)7-18(28)29/h5-6,8-10H,2-4,7H2,1H3,(H,28,29). The molecule has 0 aliphatic heterocycles. The van der Waals surface area contributed by atoms with Gasteiger partial charge in [-0.25, -0.2) is 0 Å². The molecule has 1 N–H and O–H groups in total. The second-order valence-electron chi connectivity index (χ2n) is 6.44. The van der Waals surface area contributed by atoms with Crippen molar-refractivity contribution >= 4 is 96.3 Å². The first-order chi connectivity index (χ1) is 14.8. The summed E-state index contributed by atoms with van der Waals surface area (Å²) in [5.74, 6) is 1.39. The van der Waals surface area contributed by atoms with E-state index < -0.39 is 5.97 Å². The summed E-state index contributed by atoms with van der Waals surface area (Å²) in [6.45, 7) is 3.33. The van der Waals surface area contributed by atoms with Crippen molar-refractivity contribution in [3.8, 4) is 17.2 Å². The lowest BCUT2D eigenvalue weighted by Gasteiger charge is -2.15. The van der Waals surface area contributed by atoms with E-state index in [2.05, 4.69) is 101 Å². The first-order valence-electron chi connectivity index (χ1n) is 9.15. The van der Waals surface area contributed by atoms with E-state index >= 15 is 0 Å². The molecule has 0 amide bonds. The van der Waals surface area contributed by atoms with E-state index in [1.807, 2.05) is 37.4 Å². The summed E-state index contributed by atoms with van der Waals surface area (Å²) in [5.41, 5.74) is 1.66. The van der Waals surface area contributed by atoms with Crippen LogP contribution in [0.5, 0.6) is 17.2 Å². The number of carbonyl (C=O) groups is 1. The van der Waals surface area contributed by atoms with Gasteiger partial charge in [0.2, 0.25) is 0 Å². The molecule has 1 heterocycles. The van der Waals surface area contributed by atoms with Gasteiger partial charge in [-0.2, -0.15) is 0 Å². The molecule has 0 spiro atoms. The highest BCUT2D eigenvalue weighted by molar-refractivity contribution is 14.1. The molecule has 0 unspecified atom stereocenters. The summed E-state index contributed by atoms with van der Waals surface area (Å²) in [4.78, 5) is 11.0. The number of benzene rings is 2. The van der Waals surface area contributed by atoms with Crippen LogP contribution >= 0.6 is 90.4 Å². The number of hydrogen-bond acceptors (Lipinski definition) is 5. The van der Waals surface area contributed by atoms with Gasteiger partial charge in [0, 0.05) is 19.2 Å². The van der Waals surface area contributed by atoms with Crippen LogP contribution in [0.15, 0.2) is 30.5 Å². The first-order valence-corrected chi connectivity index (χ1v) is 13.5. The Morgan fingerprint density at radius 3 is 2.19 bits per heavy atom. The molecule has 0 fully saturated rings. The Balaban J connectivity index is 1.70. The Kier molecular flexibility index (Phi) is 9.45. The zero-order valence-electron chi connectivity index (χ0n) is 16.2. The van der Waals surface area contributed by atoms with Crippen LogP contribution in [-0.4, -0.2) is 32.7 Å². The van der Waals surface area contributed by atoms with Crippen LogP contribution in [0, 0.1) is 14.3 Å².